The van der Waals surface area contributed by atoms with Gasteiger partial charge >= 0.3 is 0 Å². The van der Waals surface area contributed by atoms with Gasteiger partial charge in [0.2, 0.25) is 0 Å². The minimum absolute atomic E-state index is 0.0760. The molecule has 12 fully saturated rings. The van der Waals surface area contributed by atoms with Crippen molar-refractivity contribution in [3.05, 3.63) is 217 Å². The minimum atomic E-state index is -0.157. The fourth-order valence-corrected chi connectivity index (χ4v) is 27.0. The predicted octanol–water partition coefficient (Wildman–Crippen LogP) is 16.3. The van der Waals surface area contributed by atoms with Gasteiger partial charge in [-0.3, -0.25) is 0 Å². The standard InChI is InChI=1S/C90H78B3N3O3/c1-4-14-64(15-5-1)94-74-41-73-69(91-67-20-10-12-22-79(67)97-82-36-62(89-46-55-27-56(47-89)29-57(28-55)48-89)35-78(86(82)91)95(73)65-16-6-2-7-17-65)39-70(74)93-71-40-72-81(99-84-38-63(90-49-58-30-59(50-90)32-60(31-58)51-90)37-83-87(84)92(72)68-21-11-13-23-80(68)98-83)42-75(71)96(66-18-8-3-9-19-66)77-34-61(33-76(94)85(77)93)88-43-52-24-53(44-88)26-54(25-52)45-88/h1-23,33-42,52-60H,24-32,43-51H2. The molecule has 0 spiro atoms. The van der Waals surface area contributed by atoms with Crippen LogP contribution in [0.4, 0.5) is 51.2 Å². The molecule has 99 heavy (non-hydrogen) atoms. The van der Waals surface area contributed by atoms with E-state index in [0.29, 0.717) is 0 Å². The normalized spacial score (nSPS) is 30.2. The Hall–Kier alpha value is -8.81. The molecule has 6 aliphatic heterocycles. The van der Waals surface area contributed by atoms with E-state index >= 15 is 0 Å². The van der Waals surface area contributed by atoms with E-state index in [-0.39, 0.29) is 36.4 Å². The molecule has 0 N–H and O–H groups in total. The lowest BCUT2D eigenvalue weighted by Crippen LogP contribution is -2.66. The quantitative estimate of drug-likeness (QED) is 0.155. The molecule has 480 valence electrons. The van der Waals surface area contributed by atoms with E-state index in [4.69, 9.17) is 14.2 Å². The van der Waals surface area contributed by atoms with Gasteiger partial charge in [0.05, 0.1) is 0 Å². The Morgan fingerprint density at radius 3 is 0.960 bits per heavy atom. The van der Waals surface area contributed by atoms with E-state index in [0.717, 1.165) is 87.8 Å². The lowest BCUT2D eigenvalue weighted by molar-refractivity contribution is -0.00539. The molecule has 0 atom stereocenters. The zero-order chi connectivity index (χ0) is 63.9. The molecule has 6 nitrogen and oxygen atoms in total. The third kappa shape index (κ3) is 7.53. The molecular formula is C90H78B3N3O3. The number of hydrogen-bond donors (Lipinski definition) is 0. The summed E-state index contributed by atoms with van der Waals surface area (Å²) in [6.07, 6.45) is 24.3. The van der Waals surface area contributed by atoms with Crippen molar-refractivity contribution in [3.63, 3.8) is 0 Å². The first-order valence-electron chi connectivity index (χ1n) is 38.5. The molecule has 18 aliphatic rings. The van der Waals surface area contributed by atoms with Gasteiger partial charge in [0.15, 0.2) is 0 Å². The second kappa shape index (κ2) is 19.4. The molecule has 0 aromatic heterocycles. The average Bonchev–Trinajstić information content (AvgIpc) is 0.683. The first kappa shape index (κ1) is 55.0. The summed E-state index contributed by atoms with van der Waals surface area (Å²) in [5.74, 6) is 13.2. The van der Waals surface area contributed by atoms with Gasteiger partial charge in [-0.1, -0.05) is 103 Å². The van der Waals surface area contributed by atoms with Crippen molar-refractivity contribution in [2.24, 2.45) is 53.3 Å². The summed E-state index contributed by atoms with van der Waals surface area (Å²) in [7, 11) is 0. The molecule has 10 aromatic carbocycles. The van der Waals surface area contributed by atoms with Crippen LogP contribution in [-0.2, 0) is 16.2 Å². The third-order valence-electron chi connectivity index (χ3n) is 29.4. The largest absolute Gasteiger partial charge is 0.458 e. The van der Waals surface area contributed by atoms with E-state index in [9.17, 15) is 0 Å². The maximum atomic E-state index is 7.81. The van der Waals surface area contributed by atoms with Crippen molar-refractivity contribution in [3.8, 4) is 34.5 Å². The number of fused-ring (bicyclic) bond motifs is 12. The Morgan fingerprint density at radius 1 is 0.242 bits per heavy atom. The fourth-order valence-electron chi connectivity index (χ4n) is 27.0. The number of rotatable bonds is 6. The van der Waals surface area contributed by atoms with Crippen LogP contribution in [0.25, 0.3) is 0 Å². The number of nitrogens with zero attached hydrogens (tertiary/aromatic N) is 3. The van der Waals surface area contributed by atoms with E-state index < -0.39 is 0 Å². The molecule has 12 aliphatic carbocycles. The molecular weight excluding hydrogens is 1200 g/mol. The number of ether oxygens (including phenoxy) is 3. The first-order chi connectivity index (χ1) is 48.8. The number of anilines is 9. The summed E-state index contributed by atoms with van der Waals surface area (Å²) >= 11 is 0. The van der Waals surface area contributed by atoms with Crippen molar-refractivity contribution in [1.29, 1.82) is 0 Å². The molecule has 0 unspecified atom stereocenters. The van der Waals surface area contributed by atoms with Crippen molar-refractivity contribution in [2.75, 3.05) is 14.7 Å². The van der Waals surface area contributed by atoms with Crippen LogP contribution in [0.3, 0.4) is 0 Å². The van der Waals surface area contributed by atoms with Gasteiger partial charge in [-0.05, 0) is 336 Å². The van der Waals surface area contributed by atoms with Gasteiger partial charge in [-0.15, -0.1) is 0 Å². The van der Waals surface area contributed by atoms with Gasteiger partial charge in [0, 0.05) is 62.7 Å². The van der Waals surface area contributed by atoms with Gasteiger partial charge in [0.25, 0.3) is 20.1 Å². The van der Waals surface area contributed by atoms with E-state index in [2.05, 4.69) is 215 Å². The van der Waals surface area contributed by atoms with Crippen LogP contribution in [0.15, 0.2) is 200 Å². The number of benzene rings is 10. The van der Waals surface area contributed by atoms with E-state index in [1.54, 1.807) is 0 Å². The van der Waals surface area contributed by atoms with Crippen molar-refractivity contribution in [2.45, 2.75) is 132 Å². The summed E-state index contributed by atoms with van der Waals surface area (Å²) < 4.78 is 22.5. The van der Waals surface area contributed by atoms with Gasteiger partial charge < -0.3 is 28.9 Å². The molecule has 0 amide bonds. The van der Waals surface area contributed by atoms with Crippen LogP contribution in [0.2, 0.25) is 0 Å². The Bertz CT molecular complexity index is 5100. The van der Waals surface area contributed by atoms with Crippen molar-refractivity contribution < 1.29 is 14.2 Å². The summed E-state index contributed by atoms with van der Waals surface area (Å²) in [6, 6.07) is 78.8. The summed E-state index contributed by atoms with van der Waals surface area (Å²) in [5.41, 5.74) is 27.6. The van der Waals surface area contributed by atoms with Crippen LogP contribution in [0.5, 0.6) is 34.5 Å². The highest BCUT2D eigenvalue weighted by Gasteiger charge is 2.58. The molecule has 12 bridgehead atoms. The highest BCUT2D eigenvalue weighted by Crippen LogP contribution is 2.65. The van der Waals surface area contributed by atoms with Crippen LogP contribution in [0, 0.1) is 53.3 Å². The Balaban J connectivity index is 0.768. The lowest BCUT2D eigenvalue weighted by atomic mass is 9.29. The SMILES string of the molecule is c1ccc(N2c3cc4c(cc3B3c5ccccc5Oc5cc(C67CC8CC(CC(C8)C6)C7)cc2c53)B2c3cc5c(cc3N(c3ccccc3)c3cc(C67CC8CC(CC(C8)C6)C7)cc(c32)N4c2ccccc2)Oc2cc(C34CC6CC(CC(C6)C3)C4)cc3c2B5c2ccccc2O3)cc1. The zero-order valence-corrected chi connectivity index (χ0v) is 56.3. The van der Waals surface area contributed by atoms with E-state index in [1.165, 1.54) is 233 Å². The second-order valence-corrected chi connectivity index (χ2v) is 34.9. The minimum Gasteiger partial charge on any atom is -0.458 e. The molecule has 12 saturated carbocycles. The highest BCUT2D eigenvalue weighted by molar-refractivity contribution is 7.04. The lowest BCUT2D eigenvalue weighted by Gasteiger charge is -2.57. The average molecular weight is 1280 g/mol. The molecule has 9 heteroatoms. The fraction of sp³-hybridized carbons (Fsp3) is 0.333. The third-order valence-corrected chi connectivity index (χ3v) is 29.4. The smallest absolute Gasteiger partial charge is 0.260 e. The second-order valence-electron chi connectivity index (χ2n) is 34.9. The van der Waals surface area contributed by atoms with Crippen LogP contribution >= 0.6 is 0 Å². The first-order valence-corrected chi connectivity index (χ1v) is 38.5. The predicted molar refractivity (Wildman–Crippen MR) is 404 cm³/mol. The van der Waals surface area contributed by atoms with Gasteiger partial charge in [-0.2, -0.15) is 0 Å². The molecule has 0 radical (unpaired) electrons. The number of para-hydroxylation sites is 5. The Kier molecular flexibility index (Phi) is 10.8. The zero-order valence-electron chi connectivity index (χ0n) is 56.3. The monoisotopic (exact) mass is 1280 g/mol. The van der Waals surface area contributed by atoms with Gasteiger partial charge in [-0.25, -0.2) is 0 Å². The topological polar surface area (TPSA) is 37.4 Å². The molecule has 6 heterocycles. The van der Waals surface area contributed by atoms with Crippen molar-refractivity contribution >= 4 is 120 Å². The summed E-state index contributed by atoms with van der Waals surface area (Å²) in [4.78, 5) is 8.14. The van der Waals surface area contributed by atoms with Crippen LogP contribution in [-0.4, -0.2) is 20.1 Å². The molecule has 0 saturated heterocycles. The van der Waals surface area contributed by atoms with E-state index in [1.807, 2.05) is 0 Å². The maximum Gasteiger partial charge on any atom is 0.260 e. The summed E-state index contributed by atoms with van der Waals surface area (Å²) in [6.45, 7) is -0.324. The van der Waals surface area contributed by atoms with Gasteiger partial charge in [0.1, 0.15) is 34.5 Å². The Morgan fingerprint density at radius 2 is 0.545 bits per heavy atom. The van der Waals surface area contributed by atoms with Crippen LogP contribution in [0.1, 0.15) is 132 Å². The maximum absolute atomic E-state index is 7.81. The number of hydrogen-bond acceptors (Lipinski definition) is 6. The Labute approximate surface area is 582 Å². The molecule has 10 aromatic rings. The van der Waals surface area contributed by atoms with Crippen LogP contribution < -0.4 is 78.1 Å². The highest BCUT2D eigenvalue weighted by atomic mass is 16.5. The molecule has 28 rings (SSSR count). The van der Waals surface area contributed by atoms with Crippen molar-refractivity contribution in [1.82, 2.24) is 0 Å². The summed E-state index contributed by atoms with van der Waals surface area (Å²) in [5, 5.41) is 0.